The number of ether oxygens (including phenoxy) is 1. The summed E-state index contributed by atoms with van der Waals surface area (Å²) < 4.78 is 4.91. The van der Waals surface area contributed by atoms with E-state index in [0.717, 1.165) is 5.69 Å². The van der Waals surface area contributed by atoms with Crippen LogP contribution in [0.2, 0.25) is 0 Å². The van der Waals surface area contributed by atoms with E-state index in [0.29, 0.717) is 19.1 Å². The molecule has 1 amide bonds. The molecule has 3 nitrogen and oxygen atoms in total. The van der Waals surface area contributed by atoms with Crippen LogP contribution in [0.3, 0.4) is 0 Å². The number of hydrogen-bond acceptors (Lipinski definition) is 2. The van der Waals surface area contributed by atoms with E-state index in [1.807, 2.05) is 12.1 Å². The van der Waals surface area contributed by atoms with Gasteiger partial charge in [0.1, 0.15) is 6.61 Å². The zero-order valence-corrected chi connectivity index (χ0v) is 9.06. The van der Waals surface area contributed by atoms with Gasteiger partial charge < -0.3 is 4.74 Å². The first-order valence-corrected chi connectivity index (χ1v) is 5.23. The maximum Gasteiger partial charge on any atom is 0.414 e. The lowest BCUT2D eigenvalue weighted by Gasteiger charge is -2.14. The number of anilines is 1. The third kappa shape index (κ3) is 1.96. The molecule has 80 valence electrons. The summed E-state index contributed by atoms with van der Waals surface area (Å²) in [6, 6.07) is 8.06. The van der Waals surface area contributed by atoms with Gasteiger partial charge in [-0.15, -0.1) is 0 Å². The molecule has 0 N–H and O–H groups in total. The molecule has 0 bridgehead atoms. The first-order chi connectivity index (χ1) is 7.18. The van der Waals surface area contributed by atoms with Gasteiger partial charge in [-0.1, -0.05) is 26.0 Å². The Morgan fingerprint density at radius 2 is 2.20 bits per heavy atom. The molecule has 1 fully saturated rings. The Morgan fingerprint density at radius 3 is 2.80 bits per heavy atom. The lowest BCUT2D eigenvalue weighted by Crippen LogP contribution is -2.23. The zero-order chi connectivity index (χ0) is 10.8. The van der Waals surface area contributed by atoms with Crippen molar-refractivity contribution >= 4 is 11.8 Å². The van der Waals surface area contributed by atoms with Crippen molar-refractivity contribution in [2.24, 2.45) is 0 Å². The van der Waals surface area contributed by atoms with Crippen LogP contribution in [0.5, 0.6) is 0 Å². The maximum atomic E-state index is 11.4. The molecule has 0 unspecified atom stereocenters. The molecule has 0 saturated carbocycles. The standard InChI is InChI=1S/C12H15NO2/c1-9(2)10-4-3-5-11(8-10)13-6-7-15-12(13)14/h3-5,8-9H,6-7H2,1-2H3. The van der Waals surface area contributed by atoms with Crippen LogP contribution in [-0.4, -0.2) is 19.2 Å². The fraction of sp³-hybridized carbons (Fsp3) is 0.417. The van der Waals surface area contributed by atoms with E-state index in [1.54, 1.807) is 4.90 Å². The first-order valence-electron chi connectivity index (χ1n) is 5.23. The first kappa shape index (κ1) is 10.0. The Bertz CT molecular complexity index is 374. The molecular formula is C12H15NO2. The van der Waals surface area contributed by atoms with Crippen LogP contribution < -0.4 is 4.90 Å². The second-order valence-corrected chi connectivity index (χ2v) is 4.02. The smallest absolute Gasteiger partial charge is 0.414 e. The van der Waals surface area contributed by atoms with E-state index in [4.69, 9.17) is 4.74 Å². The van der Waals surface area contributed by atoms with Crippen LogP contribution in [0.25, 0.3) is 0 Å². The van der Waals surface area contributed by atoms with Crippen LogP contribution in [0.4, 0.5) is 10.5 Å². The quantitative estimate of drug-likeness (QED) is 0.743. The number of cyclic esters (lactones) is 1. The zero-order valence-electron chi connectivity index (χ0n) is 9.06. The van der Waals surface area contributed by atoms with Gasteiger partial charge in [0.05, 0.1) is 6.54 Å². The van der Waals surface area contributed by atoms with E-state index < -0.39 is 0 Å². The molecule has 3 heteroatoms. The van der Waals surface area contributed by atoms with Gasteiger partial charge >= 0.3 is 6.09 Å². The van der Waals surface area contributed by atoms with E-state index in [-0.39, 0.29) is 6.09 Å². The average molecular weight is 205 g/mol. The minimum Gasteiger partial charge on any atom is -0.447 e. The van der Waals surface area contributed by atoms with Crippen LogP contribution >= 0.6 is 0 Å². The van der Waals surface area contributed by atoms with Gasteiger partial charge in [0.25, 0.3) is 0 Å². The molecule has 0 radical (unpaired) electrons. The average Bonchev–Trinajstić information content (AvgIpc) is 2.64. The number of benzene rings is 1. The van der Waals surface area contributed by atoms with Crippen molar-refractivity contribution in [3.05, 3.63) is 29.8 Å². The van der Waals surface area contributed by atoms with Gasteiger partial charge in [-0.3, -0.25) is 4.90 Å². The predicted octanol–water partition coefficient (Wildman–Crippen LogP) is 2.77. The van der Waals surface area contributed by atoms with Crippen molar-refractivity contribution < 1.29 is 9.53 Å². The third-order valence-corrected chi connectivity index (χ3v) is 2.61. The molecule has 1 saturated heterocycles. The number of rotatable bonds is 2. The number of nitrogens with zero attached hydrogens (tertiary/aromatic N) is 1. The second kappa shape index (κ2) is 3.93. The highest BCUT2D eigenvalue weighted by molar-refractivity contribution is 5.89. The molecule has 0 spiro atoms. The minimum atomic E-state index is -0.240. The fourth-order valence-electron chi connectivity index (χ4n) is 1.68. The summed E-state index contributed by atoms with van der Waals surface area (Å²) in [5.41, 5.74) is 2.18. The lowest BCUT2D eigenvalue weighted by molar-refractivity contribution is 0.181. The Hall–Kier alpha value is -1.51. The third-order valence-electron chi connectivity index (χ3n) is 2.61. The van der Waals surface area contributed by atoms with Crippen molar-refractivity contribution in [2.45, 2.75) is 19.8 Å². The summed E-state index contributed by atoms with van der Waals surface area (Å²) >= 11 is 0. The largest absolute Gasteiger partial charge is 0.447 e. The Morgan fingerprint density at radius 1 is 1.40 bits per heavy atom. The molecule has 15 heavy (non-hydrogen) atoms. The van der Waals surface area contributed by atoms with Crippen molar-refractivity contribution in [3.63, 3.8) is 0 Å². The molecule has 1 heterocycles. The molecule has 0 aromatic heterocycles. The van der Waals surface area contributed by atoms with Crippen molar-refractivity contribution in [3.8, 4) is 0 Å². The summed E-state index contributed by atoms with van der Waals surface area (Å²) in [6.45, 7) is 5.42. The number of carbonyl (C=O) groups excluding carboxylic acids is 1. The summed E-state index contributed by atoms with van der Waals surface area (Å²) in [5.74, 6) is 0.476. The molecule has 1 aromatic carbocycles. The highest BCUT2D eigenvalue weighted by Gasteiger charge is 2.23. The van der Waals surface area contributed by atoms with Gasteiger partial charge in [-0.05, 0) is 23.6 Å². The van der Waals surface area contributed by atoms with E-state index in [9.17, 15) is 4.79 Å². The van der Waals surface area contributed by atoms with Crippen LogP contribution in [0.1, 0.15) is 25.3 Å². The van der Waals surface area contributed by atoms with E-state index in [1.165, 1.54) is 5.56 Å². The number of amides is 1. The van der Waals surface area contributed by atoms with Crippen molar-refractivity contribution in [1.29, 1.82) is 0 Å². The normalized spacial score (nSPS) is 15.9. The molecule has 1 aliphatic heterocycles. The van der Waals surface area contributed by atoms with Crippen molar-refractivity contribution in [2.75, 3.05) is 18.1 Å². The minimum absolute atomic E-state index is 0.240. The maximum absolute atomic E-state index is 11.4. The predicted molar refractivity (Wildman–Crippen MR) is 59.2 cm³/mol. The highest BCUT2D eigenvalue weighted by Crippen LogP contribution is 2.23. The van der Waals surface area contributed by atoms with Crippen LogP contribution in [0, 0.1) is 0 Å². The monoisotopic (exact) mass is 205 g/mol. The van der Waals surface area contributed by atoms with Crippen molar-refractivity contribution in [1.82, 2.24) is 0 Å². The summed E-state index contributed by atoms with van der Waals surface area (Å²) in [7, 11) is 0. The Kier molecular flexibility index (Phi) is 2.62. The van der Waals surface area contributed by atoms with Gasteiger partial charge in [-0.25, -0.2) is 4.79 Å². The molecule has 2 rings (SSSR count). The van der Waals surface area contributed by atoms with E-state index in [2.05, 4.69) is 26.0 Å². The van der Waals surface area contributed by atoms with E-state index >= 15 is 0 Å². The molecule has 1 aromatic rings. The topological polar surface area (TPSA) is 29.5 Å². The summed E-state index contributed by atoms with van der Waals surface area (Å²) in [4.78, 5) is 13.0. The number of hydrogen-bond donors (Lipinski definition) is 0. The molecule has 0 atom stereocenters. The van der Waals surface area contributed by atoms with Gasteiger partial charge in [-0.2, -0.15) is 0 Å². The SMILES string of the molecule is CC(C)c1cccc(N2CCOC2=O)c1. The molecule has 1 aliphatic rings. The van der Waals surface area contributed by atoms with Gasteiger partial charge in [0.2, 0.25) is 0 Å². The number of carbonyl (C=O) groups is 1. The van der Waals surface area contributed by atoms with Crippen LogP contribution in [-0.2, 0) is 4.74 Å². The fourth-order valence-corrected chi connectivity index (χ4v) is 1.68. The van der Waals surface area contributed by atoms with Gasteiger partial charge in [0, 0.05) is 5.69 Å². The summed E-state index contributed by atoms with van der Waals surface area (Å²) in [5, 5.41) is 0. The lowest BCUT2D eigenvalue weighted by atomic mass is 10.0. The molecule has 0 aliphatic carbocycles. The van der Waals surface area contributed by atoms with Crippen LogP contribution in [0.15, 0.2) is 24.3 Å². The van der Waals surface area contributed by atoms with Gasteiger partial charge in [0.15, 0.2) is 0 Å². The second-order valence-electron chi connectivity index (χ2n) is 4.02. The Labute approximate surface area is 89.7 Å². The Balaban J connectivity index is 2.28. The summed E-state index contributed by atoms with van der Waals surface area (Å²) in [6.07, 6.45) is -0.240. The molecular weight excluding hydrogens is 190 g/mol. The highest BCUT2D eigenvalue weighted by atomic mass is 16.6.